The molecule has 202 valence electrons. The molecule has 36 heavy (non-hydrogen) atoms. The van der Waals surface area contributed by atoms with Crippen LogP contribution in [0.1, 0.15) is 39.5 Å². The minimum absolute atomic E-state index is 0.0895. The minimum atomic E-state index is -3.86. The third-order valence-electron chi connectivity index (χ3n) is 6.91. The summed E-state index contributed by atoms with van der Waals surface area (Å²) in [5.74, 6) is -7.98. The lowest BCUT2D eigenvalue weighted by Crippen LogP contribution is -2.92. The van der Waals surface area contributed by atoms with Gasteiger partial charge in [0.15, 0.2) is 17.2 Å². The molecule has 1 amide bonds. The van der Waals surface area contributed by atoms with Crippen LogP contribution < -0.4 is 16.5 Å². The number of carbonyl (C=O) groups excluding carboxylic acids is 4. The highest BCUT2D eigenvalue weighted by atomic mass is 16.6. The van der Waals surface area contributed by atoms with E-state index in [4.69, 9.17) is 15.7 Å². The molecular weight excluding hydrogens is 486 g/mol. The molecular formula is C21H31N3O12. The zero-order valence-electron chi connectivity index (χ0n) is 19.7. The van der Waals surface area contributed by atoms with Crippen LogP contribution in [-0.2, 0) is 28.7 Å². The Morgan fingerprint density at radius 2 is 1.83 bits per heavy atom. The number of ketones is 2. The predicted molar refractivity (Wildman–Crippen MR) is 116 cm³/mol. The number of carbonyl (C=O) groups is 5. The van der Waals surface area contributed by atoms with Gasteiger partial charge in [-0.25, -0.2) is 4.79 Å². The number of rotatable bonds is 8. The third kappa shape index (κ3) is 3.83. The zero-order chi connectivity index (χ0) is 27.9. The summed E-state index contributed by atoms with van der Waals surface area (Å²) in [6.07, 6.45) is -5.56. The van der Waals surface area contributed by atoms with Crippen molar-refractivity contribution in [3.63, 3.8) is 0 Å². The normalized spacial score (nSPS) is 37.3. The molecule has 5 unspecified atom stereocenters. The summed E-state index contributed by atoms with van der Waals surface area (Å²) in [4.78, 5) is 64.4. The molecule has 2 aliphatic carbocycles. The number of fused-ring (bicyclic) bond motifs is 1. The van der Waals surface area contributed by atoms with Crippen molar-refractivity contribution in [2.45, 2.75) is 80.1 Å². The first kappa shape index (κ1) is 29.4. The number of nitrogens with two attached hydrogens (primary N) is 1. The van der Waals surface area contributed by atoms with Crippen molar-refractivity contribution in [2.75, 3.05) is 6.54 Å². The van der Waals surface area contributed by atoms with E-state index in [1.165, 1.54) is 19.3 Å². The smallest absolute Gasteiger partial charge is 0.340 e. The molecule has 0 heterocycles. The van der Waals surface area contributed by atoms with E-state index in [1.54, 1.807) is 0 Å². The van der Waals surface area contributed by atoms with Gasteiger partial charge < -0.3 is 46.5 Å². The number of aliphatic hydroxyl groups excluding tert-OH is 1. The van der Waals surface area contributed by atoms with Gasteiger partial charge in [0, 0.05) is 18.4 Å². The molecule has 10 N–H and O–H groups in total. The number of esters is 1. The lowest BCUT2D eigenvalue weighted by Gasteiger charge is -2.62. The van der Waals surface area contributed by atoms with Gasteiger partial charge in [0.1, 0.15) is 6.54 Å². The topological polar surface area (TPSA) is 266 Å². The minimum Gasteiger partial charge on any atom is -0.479 e. The highest BCUT2D eigenvalue weighted by Crippen LogP contribution is 2.56. The Bertz CT molecular complexity index is 987. The van der Waals surface area contributed by atoms with Crippen molar-refractivity contribution in [3.8, 4) is 0 Å². The highest BCUT2D eigenvalue weighted by Gasteiger charge is 2.87. The van der Waals surface area contributed by atoms with Crippen LogP contribution in [0.3, 0.4) is 0 Å². The summed E-state index contributed by atoms with van der Waals surface area (Å²) < 4.78 is 5.03. The van der Waals surface area contributed by atoms with Crippen molar-refractivity contribution in [1.82, 2.24) is 10.8 Å². The average molecular weight is 517 g/mol. The zero-order valence-corrected chi connectivity index (χ0v) is 19.7. The maximum Gasteiger partial charge on any atom is 0.340 e. The van der Waals surface area contributed by atoms with Gasteiger partial charge in [-0.1, -0.05) is 13.5 Å². The summed E-state index contributed by atoms with van der Waals surface area (Å²) >= 11 is 0. The molecule has 0 radical (unpaired) electrons. The fourth-order valence-electron chi connectivity index (χ4n) is 5.07. The molecule has 0 aromatic carbocycles. The third-order valence-corrected chi connectivity index (χ3v) is 6.91. The fraction of sp³-hybridized carbons (Fsp3) is 0.667. The Hall–Kier alpha value is -2.79. The van der Waals surface area contributed by atoms with E-state index >= 15 is 0 Å². The number of amides is 1. The number of aliphatic carboxylic acids is 1. The van der Waals surface area contributed by atoms with E-state index in [9.17, 15) is 49.5 Å². The van der Waals surface area contributed by atoms with Crippen LogP contribution in [0.5, 0.6) is 0 Å². The standard InChI is InChI=1S/C21H31N3O12/c1-4-11(24-16(29)9(2)3)19(33)13(26)7-18(32,17(30)31)21(36-14(27)8-23-35)15(28)10(22)5-6-12(25)20(19,21)34/h10-11,13,23,26,32-35H,2,4-8,22H2,1,3H3,(H,24,29)(H,30,31)/t10?,11?,13-,18?,19?,20+,21?/m1/s1. The molecule has 2 rings (SSSR count). The summed E-state index contributed by atoms with van der Waals surface area (Å²) in [7, 11) is 0. The lowest BCUT2D eigenvalue weighted by atomic mass is 9.50. The number of carboxylic acids is 1. The van der Waals surface area contributed by atoms with Crippen LogP contribution in [-0.4, -0.2) is 107 Å². The van der Waals surface area contributed by atoms with E-state index in [2.05, 4.69) is 11.9 Å². The van der Waals surface area contributed by atoms with Crippen LogP contribution in [0.2, 0.25) is 0 Å². The molecule has 0 spiro atoms. The first-order chi connectivity index (χ1) is 16.5. The molecule has 2 fully saturated rings. The van der Waals surface area contributed by atoms with E-state index < -0.39 is 95.8 Å². The molecule has 2 aliphatic rings. The summed E-state index contributed by atoms with van der Waals surface area (Å²) in [6.45, 7) is 4.95. The van der Waals surface area contributed by atoms with Gasteiger partial charge in [0.25, 0.3) is 0 Å². The molecule has 0 saturated heterocycles. The number of hydrogen-bond donors (Lipinski definition) is 9. The van der Waals surface area contributed by atoms with E-state index in [0.717, 1.165) is 0 Å². The number of Topliss-reactive ketones (excluding diaryl/α,β-unsaturated/α-hetero) is 2. The van der Waals surface area contributed by atoms with E-state index in [1.807, 2.05) is 0 Å². The largest absolute Gasteiger partial charge is 0.479 e. The van der Waals surface area contributed by atoms with Crippen molar-refractivity contribution in [3.05, 3.63) is 12.2 Å². The van der Waals surface area contributed by atoms with Crippen LogP contribution in [0.15, 0.2) is 12.2 Å². The average Bonchev–Trinajstić information content (AvgIpc) is 2.87. The van der Waals surface area contributed by atoms with Gasteiger partial charge in [0.2, 0.25) is 22.7 Å². The highest BCUT2D eigenvalue weighted by molar-refractivity contribution is 6.10. The molecule has 15 heteroatoms. The number of ether oxygens (including phenoxy) is 1. The second-order valence-electron chi connectivity index (χ2n) is 9.06. The number of aliphatic hydroxyl groups is 4. The molecule has 0 bridgehead atoms. The van der Waals surface area contributed by atoms with Gasteiger partial charge in [-0.15, -0.1) is 0 Å². The van der Waals surface area contributed by atoms with Crippen LogP contribution in [0.4, 0.5) is 0 Å². The van der Waals surface area contributed by atoms with Crippen LogP contribution in [0.25, 0.3) is 0 Å². The summed E-state index contributed by atoms with van der Waals surface area (Å²) in [6, 6.07) is -3.56. The summed E-state index contributed by atoms with van der Waals surface area (Å²) in [5.41, 5.74) is -7.58. The second-order valence-corrected chi connectivity index (χ2v) is 9.06. The predicted octanol–water partition coefficient (Wildman–Crippen LogP) is -3.98. The molecule has 0 aromatic heterocycles. The van der Waals surface area contributed by atoms with Gasteiger partial charge in [-0.05, 0) is 19.8 Å². The van der Waals surface area contributed by atoms with E-state index in [-0.39, 0.29) is 12.0 Å². The second kappa shape index (κ2) is 9.93. The van der Waals surface area contributed by atoms with Crippen molar-refractivity contribution < 1.29 is 59.4 Å². The lowest BCUT2D eigenvalue weighted by molar-refractivity contribution is -0.330. The maximum absolute atomic E-state index is 13.6. The van der Waals surface area contributed by atoms with Crippen LogP contribution in [0, 0.1) is 0 Å². The molecule has 15 nitrogen and oxygen atoms in total. The van der Waals surface area contributed by atoms with Gasteiger partial charge in [0.05, 0.1) is 18.2 Å². The van der Waals surface area contributed by atoms with Gasteiger partial charge in [-0.2, -0.15) is 5.48 Å². The van der Waals surface area contributed by atoms with E-state index in [0.29, 0.717) is 0 Å². The summed E-state index contributed by atoms with van der Waals surface area (Å²) in [5, 5.41) is 67.3. The van der Waals surface area contributed by atoms with Crippen molar-refractivity contribution in [1.29, 1.82) is 0 Å². The SMILES string of the molecule is C=C(C)C(=O)NC(CC)C1(O)[C@H](O)CC(O)(C(=O)O)C2(OC(=O)CNO)C(=O)C(N)CCC(=O)[C@]12O. The fourth-order valence-corrected chi connectivity index (χ4v) is 5.07. The number of nitrogens with one attached hydrogen (secondary N) is 2. The monoisotopic (exact) mass is 517 g/mol. The number of hydrogen-bond acceptors (Lipinski definition) is 13. The first-order valence-electron chi connectivity index (χ1n) is 11.0. The van der Waals surface area contributed by atoms with Crippen LogP contribution >= 0.6 is 0 Å². The Kier molecular flexibility index (Phi) is 8.12. The number of hydroxylamine groups is 1. The van der Waals surface area contributed by atoms with Crippen molar-refractivity contribution in [2.24, 2.45) is 5.73 Å². The molecule has 0 aromatic rings. The Morgan fingerprint density at radius 3 is 2.31 bits per heavy atom. The van der Waals surface area contributed by atoms with Gasteiger partial charge >= 0.3 is 11.9 Å². The van der Waals surface area contributed by atoms with Gasteiger partial charge in [-0.3, -0.25) is 19.2 Å². The first-order valence-corrected chi connectivity index (χ1v) is 11.0. The maximum atomic E-state index is 13.6. The Labute approximate surface area is 204 Å². The molecule has 2 saturated carbocycles. The van der Waals surface area contributed by atoms with Crippen molar-refractivity contribution >= 4 is 29.4 Å². The number of carboxylic acid groups (broad SMARTS) is 1. The quantitative estimate of drug-likeness (QED) is 0.0844. The molecule has 0 aliphatic heterocycles. The molecule has 7 atom stereocenters. The Balaban J connectivity index is 3.05. The Morgan fingerprint density at radius 1 is 1.25 bits per heavy atom.